The Hall–Kier alpha value is -3.08. The van der Waals surface area contributed by atoms with Crippen LogP contribution >= 0.6 is 11.6 Å². The number of benzene rings is 2. The van der Waals surface area contributed by atoms with Crippen molar-refractivity contribution in [3.05, 3.63) is 70.3 Å². The third-order valence-corrected chi connectivity index (χ3v) is 11.9. The van der Waals surface area contributed by atoms with Crippen molar-refractivity contribution in [1.29, 1.82) is 0 Å². The second kappa shape index (κ2) is 12.4. The highest BCUT2D eigenvalue weighted by atomic mass is 35.5. The molecule has 1 saturated carbocycles. The standard InChI is InChI=1S/C33H39ClN2O7S/c1-42-31(38)17-25-6-2-3-7-29(37)26-11-8-23(26)18-36-19-33(14-4-5-21-15-24(34)10-12-27(21)33)20-43-30-13-9-22(16-28(30)36)32(39)35-44(25,40)41/h3,7,9-10,12-13,15-16,23,25-26,29,37H,2,4-6,8,11,14,17-20H2,1H3,(H,35,39)/b7-3+/t23?,25-,26+,29-,33-/m0/s1. The molecule has 2 aliphatic carbocycles. The van der Waals surface area contributed by atoms with Crippen LogP contribution < -0.4 is 14.4 Å². The van der Waals surface area contributed by atoms with E-state index in [9.17, 15) is 23.1 Å². The van der Waals surface area contributed by atoms with Crippen molar-refractivity contribution in [3.8, 4) is 5.75 Å². The second-order valence-corrected chi connectivity index (χ2v) is 15.1. The van der Waals surface area contributed by atoms with Gasteiger partial charge in [0.15, 0.2) is 0 Å². The maximum atomic E-state index is 13.4. The molecule has 2 heterocycles. The highest BCUT2D eigenvalue weighted by molar-refractivity contribution is 7.90. The molecule has 6 rings (SSSR count). The molecule has 2 bridgehead atoms. The van der Waals surface area contributed by atoms with E-state index in [1.165, 1.54) is 18.2 Å². The summed E-state index contributed by atoms with van der Waals surface area (Å²) in [5.41, 5.74) is 3.05. The average molecular weight is 643 g/mol. The highest BCUT2D eigenvalue weighted by Gasteiger charge is 2.44. The second-order valence-electron chi connectivity index (χ2n) is 12.7. The summed E-state index contributed by atoms with van der Waals surface area (Å²) in [5, 5.41) is 10.7. The minimum absolute atomic E-state index is 0.0567. The summed E-state index contributed by atoms with van der Waals surface area (Å²) in [4.78, 5) is 27.8. The monoisotopic (exact) mass is 642 g/mol. The lowest BCUT2D eigenvalue weighted by atomic mass is 9.68. The van der Waals surface area contributed by atoms with Gasteiger partial charge in [-0.1, -0.05) is 29.8 Å². The van der Waals surface area contributed by atoms with E-state index in [2.05, 4.69) is 15.7 Å². The average Bonchev–Trinajstić information content (AvgIpc) is 3.12. The molecule has 1 amide bonds. The third kappa shape index (κ3) is 6.08. The zero-order chi connectivity index (χ0) is 31.1. The normalized spacial score (nSPS) is 30.4. The van der Waals surface area contributed by atoms with Crippen LogP contribution in [-0.4, -0.2) is 63.6 Å². The first-order valence-electron chi connectivity index (χ1n) is 15.4. The molecule has 1 unspecified atom stereocenters. The quantitative estimate of drug-likeness (QED) is 0.362. The first-order valence-corrected chi connectivity index (χ1v) is 17.3. The Morgan fingerprint density at radius 3 is 2.82 bits per heavy atom. The maximum Gasteiger partial charge on any atom is 0.306 e. The number of amides is 1. The number of nitrogens with one attached hydrogen (secondary N) is 1. The number of rotatable bonds is 2. The van der Waals surface area contributed by atoms with Gasteiger partial charge < -0.3 is 19.5 Å². The summed E-state index contributed by atoms with van der Waals surface area (Å²) in [6, 6.07) is 11.1. The van der Waals surface area contributed by atoms with Gasteiger partial charge in [-0.15, -0.1) is 0 Å². The van der Waals surface area contributed by atoms with E-state index in [0.29, 0.717) is 36.9 Å². The van der Waals surface area contributed by atoms with Crippen molar-refractivity contribution in [3.63, 3.8) is 0 Å². The molecule has 44 heavy (non-hydrogen) atoms. The molecule has 2 N–H and O–H groups in total. The number of esters is 1. The Morgan fingerprint density at radius 2 is 2.05 bits per heavy atom. The van der Waals surface area contributed by atoms with Crippen molar-refractivity contribution < 1.29 is 32.6 Å². The lowest BCUT2D eigenvalue weighted by Gasteiger charge is -2.45. The fourth-order valence-corrected chi connectivity index (χ4v) is 8.92. The zero-order valence-electron chi connectivity index (χ0n) is 24.8. The van der Waals surface area contributed by atoms with E-state index in [1.807, 2.05) is 12.1 Å². The van der Waals surface area contributed by atoms with E-state index in [1.54, 1.807) is 30.4 Å². The van der Waals surface area contributed by atoms with Gasteiger partial charge in [0.25, 0.3) is 5.91 Å². The Balaban J connectivity index is 1.40. The number of carbonyl (C=O) groups is 2. The Kier molecular flexibility index (Phi) is 8.69. The zero-order valence-corrected chi connectivity index (χ0v) is 26.4. The van der Waals surface area contributed by atoms with E-state index >= 15 is 0 Å². The Morgan fingerprint density at radius 1 is 1.20 bits per heavy atom. The van der Waals surface area contributed by atoms with Crippen LogP contribution in [0, 0.1) is 11.8 Å². The van der Waals surface area contributed by atoms with Crippen LogP contribution in [0.15, 0.2) is 48.6 Å². The summed E-state index contributed by atoms with van der Waals surface area (Å²) >= 11 is 6.38. The fourth-order valence-electron chi connectivity index (χ4n) is 7.38. The van der Waals surface area contributed by atoms with Gasteiger partial charge in [-0.3, -0.25) is 9.59 Å². The lowest BCUT2D eigenvalue weighted by Crippen LogP contribution is -2.49. The van der Waals surface area contributed by atoms with Crippen molar-refractivity contribution in [2.24, 2.45) is 11.8 Å². The molecule has 0 saturated heterocycles. The van der Waals surface area contributed by atoms with Crippen LogP contribution in [0.5, 0.6) is 5.75 Å². The van der Waals surface area contributed by atoms with Crippen LogP contribution in [0.25, 0.3) is 0 Å². The number of ether oxygens (including phenoxy) is 2. The molecule has 4 aliphatic rings. The predicted molar refractivity (Wildman–Crippen MR) is 168 cm³/mol. The predicted octanol–water partition coefficient (Wildman–Crippen LogP) is 4.54. The molecule has 2 aromatic carbocycles. The minimum Gasteiger partial charge on any atom is -0.490 e. The molecular weight excluding hydrogens is 604 g/mol. The van der Waals surface area contributed by atoms with E-state index in [-0.39, 0.29) is 35.7 Å². The number of aliphatic hydroxyl groups is 1. The molecule has 5 atom stereocenters. The van der Waals surface area contributed by atoms with Crippen LogP contribution in [-0.2, 0) is 31.4 Å². The minimum atomic E-state index is -4.23. The fraction of sp³-hybridized carbons (Fsp3) is 0.515. The number of hydrogen-bond donors (Lipinski definition) is 2. The van der Waals surface area contributed by atoms with E-state index < -0.39 is 33.3 Å². The number of anilines is 1. The summed E-state index contributed by atoms with van der Waals surface area (Å²) in [5.74, 6) is -0.533. The Labute approximate surface area is 263 Å². The Bertz CT molecular complexity index is 1580. The number of hydrogen-bond acceptors (Lipinski definition) is 8. The van der Waals surface area contributed by atoms with Crippen LogP contribution in [0.1, 0.15) is 66.4 Å². The molecule has 1 spiro atoms. The van der Waals surface area contributed by atoms with Gasteiger partial charge >= 0.3 is 5.97 Å². The summed E-state index contributed by atoms with van der Waals surface area (Å²) in [6.45, 7) is 1.77. The summed E-state index contributed by atoms with van der Waals surface area (Å²) < 4.78 is 40.2. The SMILES string of the molecule is COC(=O)C[C@@H]1CC/C=C/[C@H](O)[C@@H]2CCC2CN2C[C@@]3(CCCc4cc(Cl)ccc43)COc3ccc(cc32)C(=O)NS1(=O)=O. The van der Waals surface area contributed by atoms with E-state index in [4.69, 9.17) is 21.1 Å². The molecule has 11 heteroatoms. The highest BCUT2D eigenvalue weighted by Crippen LogP contribution is 2.46. The van der Waals surface area contributed by atoms with Gasteiger partial charge in [0.2, 0.25) is 10.0 Å². The number of fused-ring (bicyclic) bond motifs is 4. The van der Waals surface area contributed by atoms with Crippen molar-refractivity contribution in [2.75, 3.05) is 31.7 Å². The summed E-state index contributed by atoms with van der Waals surface area (Å²) in [7, 11) is -3.03. The topological polar surface area (TPSA) is 122 Å². The molecule has 236 valence electrons. The lowest BCUT2D eigenvalue weighted by molar-refractivity contribution is -0.140. The smallest absolute Gasteiger partial charge is 0.306 e. The number of sulfonamides is 1. The first-order chi connectivity index (χ1) is 21.1. The van der Waals surface area contributed by atoms with Gasteiger partial charge in [0.05, 0.1) is 37.2 Å². The van der Waals surface area contributed by atoms with Crippen molar-refractivity contribution in [1.82, 2.24) is 4.72 Å². The molecular formula is C33H39ClN2O7S. The third-order valence-electron chi connectivity index (χ3n) is 9.95. The number of aliphatic hydroxyl groups excluding tert-OH is 1. The van der Waals surface area contributed by atoms with Crippen LogP contribution in [0.2, 0.25) is 5.02 Å². The van der Waals surface area contributed by atoms with Gasteiger partial charge in [0.1, 0.15) is 5.75 Å². The molecule has 1 fully saturated rings. The number of carbonyl (C=O) groups excluding carboxylic acids is 2. The molecule has 2 aliphatic heterocycles. The van der Waals surface area contributed by atoms with Gasteiger partial charge in [-0.25, -0.2) is 13.1 Å². The summed E-state index contributed by atoms with van der Waals surface area (Å²) in [6.07, 6.45) is 7.60. The first kappa shape index (κ1) is 30.9. The maximum absolute atomic E-state index is 13.4. The van der Waals surface area contributed by atoms with Crippen molar-refractivity contribution >= 4 is 39.2 Å². The number of halogens is 1. The number of aryl methyl sites for hydroxylation is 1. The van der Waals surface area contributed by atoms with Gasteiger partial charge in [-0.2, -0.15) is 0 Å². The van der Waals surface area contributed by atoms with Crippen LogP contribution in [0.4, 0.5) is 5.69 Å². The van der Waals surface area contributed by atoms with Crippen molar-refractivity contribution in [2.45, 2.75) is 68.1 Å². The molecule has 9 nitrogen and oxygen atoms in total. The molecule has 0 aromatic heterocycles. The van der Waals surface area contributed by atoms with Gasteiger partial charge in [0, 0.05) is 29.1 Å². The number of methoxy groups -OCH3 is 1. The number of nitrogens with zero attached hydrogens (tertiary/aromatic N) is 1. The molecule has 2 aromatic rings. The van der Waals surface area contributed by atoms with Gasteiger partial charge in [-0.05, 0) is 98.2 Å². The van der Waals surface area contributed by atoms with Crippen LogP contribution in [0.3, 0.4) is 0 Å². The van der Waals surface area contributed by atoms with E-state index in [0.717, 1.165) is 37.8 Å². The largest absolute Gasteiger partial charge is 0.490 e. The molecule has 0 radical (unpaired) electrons. The number of allylic oxidation sites excluding steroid dienone is 1.